The summed E-state index contributed by atoms with van der Waals surface area (Å²) in [5.74, 6) is -0.881. The number of benzene rings is 1. The lowest BCUT2D eigenvalue weighted by Crippen LogP contribution is -2.40. The fraction of sp³-hybridized carbons (Fsp3) is 0.333. The van der Waals surface area contributed by atoms with Crippen LogP contribution >= 0.6 is 27.5 Å². The van der Waals surface area contributed by atoms with Crippen LogP contribution in [0.1, 0.15) is 19.3 Å². The molecule has 18 heavy (non-hydrogen) atoms. The van der Waals surface area contributed by atoms with Crippen LogP contribution in [-0.4, -0.2) is 5.91 Å². The van der Waals surface area contributed by atoms with Gasteiger partial charge in [-0.3, -0.25) is 4.79 Å². The van der Waals surface area contributed by atoms with Gasteiger partial charge in [-0.1, -0.05) is 11.6 Å². The number of anilines is 1. The first-order valence-corrected chi connectivity index (χ1v) is 6.53. The molecule has 1 aliphatic carbocycles. The predicted octanol–water partition coefficient (Wildman–Crippen LogP) is 3.87. The van der Waals surface area contributed by atoms with Crippen molar-refractivity contribution in [3.63, 3.8) is 0 Å². The highest BCUT2D eigenvalue weighted by Gasteiger charge is 2.44. The SMILES string of the molecule is N#CC1(C(=O)Nc2c(Cl)cc(F)cc2Br)CCC1. The third-order valence-corrected chi connectivity index (χ3v) is 4.02. The Balaban J connectivity index is 2.25. The summed E-state index contributed by atoms with van der Waals surface area (Å²) >= 11 is 9.00. The molecule has 1 fully saturated rings. The lowest BCUT2D eigenvalue weighted by Gasteiger charge is -2.33. The molecule has 2 rings (SSSR count). The van der Waals surface area contributed by atoms with Gasteiger partial charge < -0.3 is 5.32 Å². The van der Waals surface area contributed by atoms with E-state index in [1.54, 1.807) is 0 Å². The fourth-order valence-corrected chi connectivity index (χ4v) is 2.71. The molecule has 0 spiro atoms. The molecule has 6 heteroatoms. The van der Waals surface area contributed by atoms with Gasteiger partial charge in [-0.2, -0.15) is 5.26 Å². The van der Waals surface area contributed by atoms with Crippen molar-refractivity contribution in [3.8, 4) is 6.07 Å². The van der Waals surface area contributed by atoms with Crippen LogP contribution < -0.4 is 5.32 Å². The van der Waals surface area contributed by atoms with E-state index in [9.17, 15) is 9.18 Å². The zero-order valence-electron chi connectivity index (χ0n) is 9.27. The van der Waals surface area contributed by atoms with Gasteiger partial charge in [-0.05, 0) is 47.3 Å². The van der Waals surface area contributed by atoms with Crippen molar-refractivity contribution in [2.75, 3.05) is 5.32 Å². The molecule has 0 aromatic heterocycles. The second-order valence-corrected chi connectivity index (χ2v) is 5.51. The van der Waals surface area contributed by atoms with Gasteiger partial charge in [0.2, 0.25) is 5.91 Å². The highest BCUT2D eigenvalue weighted by Crippen LogP contribution is 2.42. The van der Waals surface area contributed by atoms with Gasteiger partial charge in [-0.25, -0.2) is 4.39 Å². The van der Waals surface area contributed by atoms with Crippen molar-refractivity contribution >= 4 is 39.1 Å². The van der Waals surface area contributed by atoms with Crippen LogP contribution in [0.3, 0.4) is 0 Å². The highest BCUT2D eigenvalue weighted by atomic mass is 79.9. The van der Waals surface area contributed by atoms with Gasteiger partial charge in [0.25, 0.3) is 0 Å². The fourth-order valence-electron chi connectivity index (χ4n) is 1.81. The molecule has 1 saturated carbocycles. The standard InChI is InChI=1S/C12H9BrClFN2O/c13-8-4-7(15)5-9(14)10(8)17-11(18)12(6-16)2-1-3-12/h4-5H,1-3H2,(H,17,18). The molecular formula is C12H9BrClFN2O. The first kappa shape index (κ1) is 13.3. The van der Waals surface area contributed by atoms with Crippen molar-refractivity contribution < 1.29 is 9.18 Å². The predicted molar refractivity (Wildman–Crippen MR) is 69.6 cm³/mol. The number of nitrogens with zero attached hydrogens (tertiary/aromatic N) is 1. The number of carbonyl (C=O) groups is 1. The zero-order valence-corrected chi connectivity index (χ0v) is 11.6. The van der Waals surface area contributed by atoms with Gasteiger partial charge in [-0.15, -0.1) is 0 Å². The Labute approximate surface area is 117 Å². The van der Waals surface area contributed by atoms with Gasteiger partial charge in [0, 0.05) is 4.47 Å². The van der Waals surface area contributed by atoms with Crippen LogP contribution in [0.4, 0.5) is 10.1 Å². The first-order valence-electron chi connectivity index (χ1n) is 5.36. The molecular weight excluding hydrogens is 323 g/mol. The molecule has 0 aliphatic heterocycles. The van der Waals surface area contributed by atoms with E-state index in [4.69, 9.17) is 16.9 Å². The topological polar surface area (TPSA) is 52.9 Å². The van der Waals surface area contributed by atoms with Gasteiger partial charge in [0.05, 0.1) is 16.8 Å². The van der Waals surface area contributed by atoms with Crippen LogP contribution in [0.2, 0.25) is 5.02 Å². The highest BCUT2D eigenvalue weighted by molar-refractivity contribution is 9.10. The second-order valence-electron chi connectivity index (χ2n) is 4.25. The number of amides is 1. The van der Waals surface area contributed by atoms with Crippen LogP contribution in [0.5, 0.6) is 0 Å². The van der Waals surface area contributed by atoms with Gasteiger partial charge in [0.1, 0.15) is 11.2 Å². The molecule has 3 nitrogen and oxygen atoms in total. The van der Waals surface area contributed by atoms with Crippen molar-refractivity contribution in [1.82, 2.24) is 0 Å². The van der Waals surface area contributed by atoms with Crippen molar-refractivity contribution in [2.45, 2.75) is 19.3 Å². The summed E-state index contributed by atoms with van der Waals surface area (Å²) in [6, 6.07) is 4.36. The van der Waals surface area contributed by atoms with E-state index >= 15 is 0 Å². The normalized spacial score (nSPS) is 16.6. The number of nitrogens with one attached hydrogen (secondary N) is 1. The number of carbonyl (C=O) groups excluding carboxylic acids is 1. The van der Waals surface area contributed by atoms with E-state index in [-0.39, 0.29) is 10.9 Å². The van der Waals surface area contributed by atoms with Crippen molar-refractivity contribution in [2.24, 2.45) is 5.41 Å². The number of rotatable bonds is 2. The third kappa shape index (κ3) is 2.23. The van der Waals surface area contributed by atoms with Crippen molar-refractivity contribution in [3.05, 3.63) is 27.4 Å². The summed E-state index contributed by atoms with van der Waals surface area (Å²) in [6.07, 6.45) is 1.96. The lowest BCUT2D eigenvalue weighted by molar-refractivity contribution is -0.126. The smallest absolute Gasteiger partial charge is 0.244 e. The van der Waals surface area contributed by atoms with E-state index in [2.05, 4.69) is 21.2 Å². The minimum Gasteiger partial charge on any atom is -0.322 e. The van der Waals surface area contributed by atoms with Crippen LogP contribution in [-0.2, 0) is 4.79 Å². The molecule has 1 amide bonds. The van der Waals surface area contributed by atoms with E-state index in [1.807, 2.05) is 6.07 Å². The molecule has 0 unspecified atom stereocenters. The van der Waals surface area contributed by atoms with Gasteiger partial charge in [0.15, 0.2) is 0 Å². The summed E-state index contributed by atoms with van der Waals surface area (Å²) in [6.45, 7) is 0. The molecule has 0 bridgehead atoms. The monoisotopic (exact) mass is 330 g/mol. The summed E-state index contributed by atoms with van der Waals surface area (Å²) in [5, 5.41) is 11.7. The van der Waals surface area contributed by atoms with Gasteiger partial charge >= 0.3 is 0 Å². The molecule has 0 saturated heterocycles. The van der Waals surface area contributed by atoms with Crippen molar-refractivity contribution in [1.29, 1.82) is 5.26 Å². The molecule has 1 aliphatic rings. The van der Waals surface area contributed by atoms with Crippen LogP contribution in [0.15, 0.2) is 16.6 Å². The molecule has 1 aromatic rings. The summed E-state index contributed by atoms with van der Waals surface area (Å²) in [4.78, 5) is 12.0. The Morgan fingerprint density at radius 1 is 1.56 bits per heavy atom. The quantitative estimate of drug-likeness (QED) is 0.894. The molecule has 0 heterocycles. The number of hydrogen-bond acceptors (Lipinski definition) is 2. The minimum atomic E-state index is -0.961. The number of hydrogen-bond donors (Lipinski definition) is 1. The maximum Gasteiger partial charge on any atom is 0.244 e. The average molecular weight is 332 g/mol. The average Bonchev–Trinajstić information content (AvgIpc) is 2.22. The number of halogens is 3. The molecule has 1 aromatic carbocycles. The summed E-state index contributed by atoms with van der Waals surface area (Å²) in [5.41, 5.74) is -0.665. The Kier molecular flexibility index (Phi) is 3.60. The Morgan fingerprint density at radius 3 is 2.67 bits per heavy atom. The van der Waals surface area contributed by atoms with Crippen LogP contribution in [0.25, 0.3) is 0 Å². The van der Waals surface area contributed by atoms with E-state index in [1.165, 1.54) is 6.07 Å². The molecule has 1 N–H and O–H groups in total. The third-order valence-electron chi connectivity index (χ3n) is 3.10. The lowest BCUT2D eigenvalue weighted by atomic mass is 9.69. The van der Waals surface area contributed by atoms with E-state index in [0.717, 1.165) is 12.5 Å². The maximum absolute atomic E-state index is 13.0. The second kappa shape index (κ2) is 4.87. The Hall–Kier alpha value is -1.12. The van der Waals surface area contributed by atoms with Crippen LogP contribution in [0, 0.1) is 22.6 Å². The number of nitriles is 1. The maximum atomic E-state index is 13.0. The first-order chi connectivity index (χ1) is 8.48. The van der Waals surface area contributed by atoms with E-state index in [0.29, 0.717) is 23.0 Å². The Bertz CT molecular complexity index is 528. The molecule has 94 valence electrons. The summed E-state index contributed by atoms with van der Waals surface area (Å²) in [7, 11) is 0. The Morgan fingerprint density at radius 2 is 2.22 bits per heavy atom. The largest absolute Gasteiger partial charge is 0.322 e. The van der Waals surface area contributed by atoms with E-state index < -0.39 is 11.2 Å². The zero-order chi connectivity index (χ0) is 13.3. The summed E-state index contributed by atoms with van der Waals surface area (Å²) < 4.78 is 13.4. The molecule has 0 radical (unpaired) electrons. The minimum absolute atomic E-state index is 0.0997. The molecule has 0 atom stereocenters.